The van der Waals surface area contributed by atoms with E-state index in [1.54, 1.807) is 32.0 Å². The van der Waals surface area contributed by atoms with Gasteiger partial charge in [0.05, 0.1) is 58.0 Å². The van der Waals surface area contributed by atoms with Gasteiger partial charge in [0.15, 0.2) is 0 Å². The van der Waals surface area contributed by atoms with Crippen molar-refractivity contribution in [3.63, 3.8) is 0 Å². The number of benzene rings is 1. The lowest BCUT2D eigenvalue weighted by Gasteiger charge is -2.50. The number of methoxy groups -OCH3 is 4. The molecule has 1 amide bonds. The number of nitrogens with zero attached hydrogens (tertiary/aromatic N) is 3. The zero-order chi connectivity index (χ0) is 34.3. The molecule has 3 aliphatic heterocycles. The number of thioether (sulfide) groups is 3. The molecule has 47 heavy (non-hydrogen) atoms. The number of esters is 4. The van der Waals surface area contributed by atoms with Crippen molar-refractivity contribution in [1.29, 1.82) is 0 Å². The summed E-state index contributed by atoms with van der Waals surface area (Å²) in [4.78, 5) is 77.8. The first kappa shape index (κ1) is 34.1. The molecule has 0 bridgehead atoms. The molecule has 1 aromatic carbocycles. The maximum absolute atomic E-state index is 14.3. The fraction of sp³-hybridized carbons (Fsp3) is 0.323. The van der Waals surface area contributed by atoms with Gasteiger partial charge < -0.3 is 23.7 Å². The highest BCUT2D eigenvalue weighted by Crippen LogP contribution is 2.71. The Balaban J connectivity index is 1.91. The Bertz CT molecular complexity index is 1770. The minimum atomic E-state index is -1.72. The predicted molar refractivity (Wildman–Crippen MR) is 175 cm³/mol. The maximum Gasteiger partial charge on any atom is 0.345 e. The molecule has 0 N–H and O–H groups in total. The molecule has 246 valence electrons. The van der Waals surface area contributed by atoms with Crippen molar-refractivity contribution in [2.45, 2.75) is 30.4 Å². The largest absolute Gasteiger partial charge is 0.494 e. The molecule has 0 radical (unpaired) electrons. The molecule has 0 saturated carbocycles. The lowest BCUT2D eigenvalue weighted by Crippen LogP contribution is -2.54. The normalized spacial score (nSPS) is 17.6. The third-order valence-corrected chi connectivity index (χ3v) is 12.1. The van der Waals surface area contributed by atoms with Gasteiger partial charge in [-0.1, -0.05) is 35.3 Å². The van der Waals surface area contributed by atoms with E-state index >= 15 is 0 Å². The van der Waals surface area contributed by atoms with Crippen molar-refractivity contribution in [2.75, 3.05) is 39.9 Å². The molecule has 2 aromatic rings. The van der Waals surface area contributed by atoms with Crippen LogP contribution in [0.4, 0.5) is 5.69 Å². The fourth-order valence-corrected chi connectivity index (χ4v) is 10.5. The summed E-state index contributed by atoms with van der Waals surface area (Å²) in [5, 5.41) is 0. The highest BCUT2D eigenvalue weighted by molar-refractivity contribution is 8.26. The summed E-state index contributed by atoms with van der Waals surface area (Å²) < 4.78 is 24.6. The van der Waals surface area contributed by atoms with Gasteiger partial charge in [-0.2, -0.15) is 0 Å². The standard InChI is InChI=1S/C31H29N3O10S3/c1-8-44-15-9-10-18-16(13-15)19-24(30(2,3)34(18)25(35)17-14-32-11-12-33-17)45-21(27(37)41-5)20(26(36)40-4)31(19)46-22(28(38)42-6)23(47-31)29(39)43-7/h9-14H,8H2,1-7H3. The van der Waals surface area contributed by atoms with Gasteiger partial charge in [-0.25, -0.2) is 24.2 Å². The zero-order valence-corrected chi connectivity index (χ0v) is 28.8. The molecule has 0 fully saturated rings. The van der Waals surface area contributed by atoms with Crippen molar-refractivity contribution in [2.24, 2.45) is 0 Å². The van der Waals surface area contributed by atoms with Crippen LogP contribution in [0.1, 0.15) is 36.8 Å². The topological polar surface area (TPSA) is 161 Å². The first-order valence-corrected chi connectivity index (χ1v) is 16.4. The average molecular weight is 700 g/mol. The summed E-state index contributed by atoms with van der Waals surface area (Å²) in [5.74, 6) is -3.55. The van der Waals surface area contributed by atoms with Gasteiger partial charge in [0.2, 0.25) is 0 Å². The molecule has 3 aliphatic rings. The molecule has 16 heteroatoms. The van der Waals surface area contributed by atoms with Crippen molar-refractivity contribution >= 4 is 76.3 Å². The number of hydrogen-bond acceptors (Lipinski definition) is 15. The van der Waals surface area contributed by atoms with Crippen molar-refractivity contribution in [3.8, 4) is 5.75 Å². The van der Waals surface area contributed by atoms with E-state index in [9.17, 15) is 24.0 Å². The number of ether oxygens (including phenoxy) is 5. The third kappa shape index (κ3) is 5.47. The van der Waals surface area contributed by atoms with Crippen LogP contribution in [0.2, 0.25) is 0 Å². The van der Waals surface area contributed by atoms with E-state index in [-0.39, 0.29) is 26.0 Å². The average Bonchev–Trinajstić information content (AvgIpc) is 3.47. The molecule has 1 aromatic heterocycles. The van der Waals surface area contributed by atoms with Crippen molar-refractivity contribution in [3.05, 3.63) is 73.2 Å². The number of anilines is 1. The minimum absolute atomic E-state index is 0.0613. The Morgan fingerprint density at radius 1 is 0.830 bits per heavy atom. The number of fused-ring (bicyclic) bond motifs is 3. The van der Waals surface area contributed by atoms with E-state index in [0.29, 0.717) is 34.1 Å². The molecule has 0 atom stereocenters. The second-order valence-electron chi connectivity index (χ2n) is 10.4. The van der Waals surface area contributed by atoms with Crippen LogP contribution in [0.25, 0.3) is 5.57 Å². The number of hydrogen-bond donors (Lipinski definition) is 0. The second-order valence-corrected chi connectivity index (χ2v) is 14.1. The third-order valence-electron chi connectivity index (χ3n) is 7.41. The number of aromatic nitrogens is 2. The van der Waals surface area contributed by atoms with E-state index in [0.717, 1.165) is 63.7 Å². The summed E-state index contributed by atoms with van der Waals surface area (Å²) in [7, 11) is 4.62. The summed E-state index contributed by atoms with van der Waals surface area (Å²) in [5.41, 5.74) is -0.0880. The monoisotopic (exact) mass is 699 g/mol. The first-order valence-electron chi connectivity index (χ1n) is 13.9. The lowest BCUT2D eigenvalue weighted by molar-refractivity contribution is -0.138. The molecule has 0 aliphatic carbocycles. The van der Waals surface area contributed by atoms with Crippen molar-refractivity contribution in [1.82, 2.24) is 9.97 Å². The number of amides is 1. The number of carbonyl (C=O) groups is 5. The van der Waals surface area contributed by atoms with Crippen LogP contribution in [0.15, 0.2) is 62.0 Å². The van der Waals surface area contributed by atoms with E-state index in [1.165, 1.54) is 23.5 Å². The minimum Gasteiger partial charge on any atom is -0.494 e. The van der Waals surface area contributed by atoms with Crippen LogP contribution in [-0.2, 0) is 38.1 Å². The Morgan fingerprint density at radius 3 is 1.96 bits per heavy atom. The Morgan fingerprint density at radius 2 is 1.43 bits per heavy atom. The van der Waals surface area contributed by atoms with E-state index in [2.05, 4.69) is 9.97 Å². The smallest absolute Gasteiger partial charge is 0.345 e. The summed E-state index contributed by atoms with van der Waals surface area (Å²) in [6.45, 7) is 5.68. The Kier molecular flexibility index (Phi) is 9.48. The summed E-state index contributed by atoms with van der Waals surface area (Å²) in [6.07, 6.45) is 4.20. The van der Waals surface area contributed by atoms with Gasteiger partial charge in [-0.05, 0) is 39.0 Å². The highest BCUT2D eigenvalue weighted by atomic mass is 32.2. The quantitative estimate of drug-likeness (QED) is 0.300. The molecule has 5 rings (SSSR count). The van der Waals surface area contributed by atoms with Crippen LogP contribution in [0.3, 0.4) is 0 Å². The molecule has 0 unspecified atom stereocenters. The Labute approximate surface area is 282 Å². The molecule has 1 spiro atoms. The Hall–Kier alpha value is -4.28. The van der Waals surface area contributed by atoms with E-state index in [4.69, 9.17) is 23.7 Å². The summed E-state index contributed by atoms with van der Waals surface area (Å²) >= 11 is 2.61. The van der Waals surface area contributed by atoms with Crippen LogP contribution in [0.5, 0.6) is 5.75 Å². The molecule has 0 saturated heterocycles. The molecule has 4 heterocycles. The van der Waals surface area contributed by atoms with Crippen LogP contribution >= 0.6 is 35.3 Å². The second kappa shape index (κ2) is 13.1. The van der Waals surface area contributed by atoms with Gasteiger partial charge in [0.1, 0.15) is 30.2 Å². The van der Waals surface area contributed by atoms with Gasteiger partial charge in [-0.3, -0.25) is 14.7 Å². The SMILES string of the molecule is CCOc1ccc2c(c1)C1=C(SC(C(=O)OC)=C(C(=O)OC)C13SC(C(=O)OC)=C(C(=O)OC)S3)C(C)(C)N2C(=O)c1cnccn1. The van der Waals surface area contributed by atoms with Gasteiger partial charge >= 0.3 is 23.9 Å². The van der Waals surface area contributed by atoms with E-state index in [1.807, 2.05) is 6.92 Å². The van der Waals surface area contributed by atoms with Gasteiger partial charge in [0.25, 0.3) is 5.91 Å². The van der Waals surface area contributed by atoms with Crippen molar-refractivity contribution < 1.29 is 47.7 Å². The highest BCUT2D eigenvalue weighted by Gasteiger charge is 2.62. The lowest BCUT2D eigenvalue weighted by atomic mass is 9.83. The molecule has 13 nitrogen and oxygen atoms in total. The number of rotatable bonds is 7. The van der Waals surface area contributed by atoms with Gasteiger partial charge in [-0.15, -0.1) is 0 Å². The predicted octanol–water partition coefficient (Wildman–Crippen LogP) is 4.11. The molecular weight excluding hydrogens is 671 g/mol. The fourth-order valence-electron chi connectivity index (χ4n) is 5.44. The van der Waals surface area contributed by atoms with Crippen LogP contribution in [-0.4, -0.2) is 84.4 Å². The van der Waals surface area contributed by atoms with Gasteiger partial charge in [0, 0.05) is 28.4 Å². The van der Waals surface area contributed by atoms with E-state index < -0.39 is 39.4 Å². The maximum atomic E-state index is 14.3. The zero-order valence-electron chi connectivity index (χ0n) is 26.3. The molecular formula is C31H29N3O10S3. The summed E-state index contributed by atoms with van der Waals surface area (Å²) in [6, 6.07) is 5.11. The first-order chi connectivity index (χ1) is 22.4. The number of carbonyl (C=O) groups excluding carboxylic acids is 5. The van der Waals surface area contributed by atoms with Crippen LogP contribution in [0, 0.1) is 0 Å². The van der Waals surface area contributed by atoms with Crippen LogP contribution < -0.4 is 9.64 Å².